The summed E-state index contributed by atoms with van der Waals surface area (Å²) in [5.41, 5.74) is 5.22. The molecule has 0 radical (unpaired) electrons. The lowest BCUT2D eigenvalue weighted by atomic mass is 9.88. The fourth-order valence-electron chi connectivity index (χ4n) is 5.37. The van der Waals surface area contributed by atoms with Gasteiger partial charge in [0.1, 0.15) is 0 Å². The molecule has 0 saturated heterocycles. The second-order valence-electron chi connectivity index (χ2n) is 9.48. The van der Waals surface area contributed by atoms with Gasteiger partial charge in [0, 0.05) is 8.95 Å². The molecule has 0 aliphatic rings. The number of hydrogen-bond donors (Lipinski definition) is 0. The van der Waals surface area contributed by atoms with Crippen LogP contribution in [0.3, 0.4) is 0 Å². The van der Waals surface area contributed by atoms with Crippen molar-refractivity contribution in [2.45, 2.75) is 19.1 Å². The largest absolute Gasteiger partial charge is 0.369 e. The summed E-state index contributed by atoms with van der Waals surface area (Å²) in [5.74, 6) is 0. The molecular formula is C34H23Br2NO. The van der Waals surface area contributed by atoms with Gasteiger partial charge in [-0.25, -0.2) is 0 Å². The number of ether oxygens (including phenoxy) is 1. The van der Waals surface area contributed by atoms with Crippen LogP contribution in [0.25, 0.3) is 43.4 Å². The number of nitrogens with zero attached hydrogens (tertiary/aromatic N) is 1. The van der Waals surface area contributed by atoms with Crippen molar-refractivity contribution >= 4 is 64.2 Å². The molecule has 38 heavy (non-hydrogen) atoms. The Morgan fingerprint density at radius 2 is 1.42 bits per heavy atom. The number of halogens is 2. The van der Waals surface area contributed by atoms with E-state index in [0.29, 0.717) is 12.2 Å². The molecule has 0 aliphatic heterocycles. The molecule has 6 aromatic rings. The zero-order valence-corrected chi connectivity index (χ0v) is 23.7. The first-order valence-corrected chi connectivity index (χ1v) is 14.0. The molecule has 6 aromatic carbocycles. The maximum Gasteiger partial charge on any atom is 0.0991 e. The molecule has 1 unspecified atom stereocenters. The van der Waals surface area contributed by atoms with E-state index in [1.807, 2.05) is 36.4 Å². The first-order valence-electron chi connectivity index (χ1n) is 12.4. The Morgan fingerprint density at radius 3 is 2.11 bits per heavy atom. The Labute approximate surface area is 238 Å². The molecular weight excluding hydrogens is 598 g/mol. The maximum absolute atomic E-state index is 9.21. The monoisotopic (exact) mass is 619 g/mol. The molecule has 184 valence electrons. The molecule has 1 atom stereocenters. The van der Waals surface area contributed by atoms with Crippen LogP contribution in [0.4, 0.5) is 0 Å². The molecule has 0 aliphatic carbocycles. The van der Waals surface area contributed by atoms with Crippen molar-refractivity contribution in [1.29, 1.82) is 5.26 Å². The number of nitriles is 1. The summed E-state index contributed by atoms with van der Waals surface area (Å²) in [4.78, 5) is 0. The van der Waals surface area contributed by atoms with Crippen LogP contribution in [0.2, 0.25) is 0 Å². The molecule has 0 spiro atoms. The van der Waals surface area contributed by atoms with Gasteiger partial charge >= 0.3 is 0 Å². The molecule has 0 saturated carbocycles. The average molecular weight is 621 g/mol. The summed E-state index contributed by atoms with van der Waals surface area (Å²) in [7, 11) is 0. The summed E-state index contributed by atoms with van der Waals surface area (Å²) >= 11 is 7.21. The van der Waals surface area contributed by atoms with Gasteiger partial charge in [-0.15, -0.1) is 6.58 Å². The summed E-state index contributed by atoms with van der Waals surface area (Å²) in [6.07, 6.45) is 2.54. The third-order valence-electron chi connectivity index (χ3n) is 7.16. The van der Waals surface area contributed by atoms with Crippen molar-refractivity contribution in [2.24, 2.45) is 0 Å². The fourth-order valence-corrected chi connectivity index (χ4v) is 6.70. The highest BCUT2D eigenvalue weighted by atomic mass is 79.9. The first kappa shape index (κ1) is 24.8. The zero-order valence-electron chi connectivity index (χ0n) is 20.5. The summed E-state index contributed by atoms with van der Waals surface area (Å²) in [5, 5.41) is 16.6. The highest BCUT2D eigenvalue weighted by Gasteiger charge is 2.16. The zero-order chi connectivity index (χ0) is 26.2. The van der Waals surface area contributed by atoms with Gasteiger partial charge in [0.2, 0.25) is 0 Å². The Bertz CT molecular complexity index is 1830. The predicted molar refractivity (Wildman–Crippen MR) is 164 cm³/mol. The number of hydrogen-bond acceptors (Lipinski definition) is 2. The number of rotatable bonds is 7. The van der Waals surface area contributed by atoms with Crippen molar-refractivity contribution in [1.82, 2.24) is 0 Å². The fraction of sp³-hybridized carbons (Fsp3) is 0.0882. The van der Waals surface area contributed by atoms with E-state index in [1.165, 1.54) is 43.4 Å². The van der Waals surface area contributed by atoms with Crippen LogP contribution >= 0.6 is 31.9 Å². The summed E-state index contributed by atoms with van der Waals surface area (Å²) in [6, 6.07) is 33.9. The van der Waals surface area contributed by atoms with Crippen LogP contribution in [-0.2, 0) is 11.3 Å². The highest BCUT2D eigenvalue weighted by molar-refractivity contribution is 9.11. The Hall–Kier alpha value is -3.49. The predicted octanol–water partition coefficient (Wildman–Crippen LogP) is 10.5. The van der Waals surface area contributed by atoms with E-state index in [0.717, 1.165) is 26.5 Å². The van der Waals surface area contributed by atoms with Gasteiger partial charge in [-0.3, -0.25) is 0 Å². The molecule has 0 heterocycles. The van der Waals surface area contributed by atoms with Crippen LogP contribution in [0.5, 0.6) is 0 Å². The van der Waals surface area contributed by atoms with Gasteiger partial charge in [-0.2, -0.15) is 5.26 Å². The lowest BCUT2D eigenvalue weighted by Gasteiger charge is -2.20. The average Bonchev–Trinajstić information content (AvgIpc) is 2.93. The summed E-state index contributed by atoms with van der Waals surface area (Å²) in [6.45, 7) is 4.45. The van der Waals surface area contributed by atoms with E-state index in [4.69, 9.17) is 4.74 Å². The lowest BCUT2D eigenvalue weighted by Crippen LogP contribution is -2.05. The molecule has 0 amide bonds. The van der Waals surface area contributed by atoms with E-state index >= 15 is 0 Å². The highest BCUT2D eigenvalue weighted by Crippen LogP contribution is 2.40. The van der Waals surface area contributed by atoms with E-state index in [2.05, 4.69) is 105 Å². The Balaban J connectivity index is 1.44. The molecule has 6 rings (SSSR count). The van der Waals surface area contributed by atoms with Gasteiger partial charge in [0.05, 0.1) is 24.3 Å². The third kappa shape index (κ3) is 4.52. The normalized spacial score (nSPS) is 12.2. The van der Waals surface area contributed by atoms with E-state index in [1.54, 1.807) is 0 Å². The Kier molecular flexibility index (Phi) is 6.76. The van der Waals surface area contributed by atoms with Crippen molar-refractivity contribution in [3.8, 4) is 17.2 Å². The molecule has 4 heteroatoms. The minimum absolute atomic E-state index is 0.0946. The smallest absolute Gasteiger partial charge is 0.0991 e. The number of benzene rings is 6. The minimum atomic E-state index is -0.0946. The maximum atomic E-state index is 9.21. The van der Waals surface area contributed by atoms with Crippen LogP contribution in [0.1, 0.15) is 29.2 Å². The van der Waals surface area contributed by atoms with Gasteiger partial charge in [0.15, 0.2) is 0 Å². The second kappa shape index (κ2) is 10.3. The molecule has 0 N–H and O–H groups in total. The van der Waals surface area contributed by atoms with Crippen LogP contribution in [0, 0.1) is 11.3 Å². The van der Waals surface area contributed by atoms with Crippen molar-refractivity contribution < 1.29 is 4.74 Å². The van der Waals surface area contributed by atoms with Crippen LogP contribution < -0.4 is 0 Å². The topological polar surface area (TPSA) is 33.0 Å². The Morgan fingerprint density at radius 1 is 0.789 bits per heavy atom. The van der Waals surface area contributed by atoms with E-state index < -0.39 is 0 Å². The second-order valence-corrected chi connectivity index (χ2v) is 11.3. The van der Waals surface area contributed by atoms with E-state index in [-0.39, 0.29) is 6.10 Å². The van der Waals surface area contributed by atoms with Crippen molar-refractivity contribution in [2.75, 3.05) is 0 Å². The van der Waals surface area contributed by atoms with Crippen molar-refractivity contribution in [3.63, 3.8) is 0 Å². The van der Waals surface area contributed by atoms with Gasteiger partial charge in [0.25, 0.3) is 0 Å². The van der Waals surface area contributed by atoms with Crippen LogP contribution in [-0.4, -0.2) is 0 Å². The first-order chi connectivity index (χ1) is 18.6. The minimum Gasteiger partial charge on any atom is -0.369 e. The molecule has 0 bridgehead atoms. The molecule has 0 aromatic heterocycles. The summed E-state index contributed by atoms with van der Waals surface area (Å²) < 4.78 is 8.56. The molecule has 0 fully saturated rings. The van der Waals surface area contributed by atoms with Gasteiger partial charge in [-0.1, -0.05) is 98.6 Å². The van der Waals surface area contributed by atoms with Crippen molar-refractivity contribution in [3.05, 3.63) is 129 Å². The van der Waals surface area contributed by atoms with Crippen LogP contribution in [0.15, 0.2) is 113 Å². The van der Waals surface area contributed by atoms with Gasteiger partial charge in [-0.05, 0) is 91.3 Å². The SMILES string of the molecule is C=CCC(OCc1ccc2ccc3c(-c4ccc(C#N)cc4)ccc4ccc1c2c43)c1cc(Br)cc(Br)c1. The third-order valence-corrected chi connectivity index (χ3v) is 8.07. The van der Waals surface area contributed by atoms with Gasteiger partial charge < -0.3 is 4.74 Å². The standard InChI is InChI=1S/C34H23Br2NO/c1-2-3-32(26-16-27(35)18-28(36)17-26)38-20-25-9-8-23-12-15-31-29(22-6-4-21(19-37)5-7-22)13-10-24-11-14-30(25)33(23)34(24)31/h2,4-18,32H,1,3,20H2. The van der Waals surface area contributed by atoms with E-state index in [9.17, 15) is 5.26 Å². The lowest BCUT2D eigenvalue weighted by molar-refractivity contribution is 0.0423. The quantitative estimate of drug-likeness (QED) is 0.131. The molecule has 2 nitrogen and oxygen atoms in total.